The van der Waals surface area contributed by atoms with Crippen LogP contribution in [0.3, 0.4) is 0 Å². The fourth-order valence-electron chi connectivity index (χ4n) is 3.24. The van der Waals surface area contributed by atoms with E-state index in [1.165, 1.54) is 16.6 Å². The lowest BCUT2D eigenvalue weighted by atomic mass is 10.0. The SMILES string of the molecule is CO[C@H]1[C@H](N(C)Cc2cc3ccccc3[nH]2)COC[C@H]1OC. The molecule has 1 aliphatic rings. The number of hydrogen-bond donors (Lipinski definition) is 1. The second-order valence-electron chi connectivity index (χ2n) is 5.88. The number of nitrogens with zero attached hydrogens (tertiary/aromatic N) is 1. The van der Waals surface area contributed by atoms with Crippen LogP contribution in [0.1, 0.15) is 5.69 Å². The number of fused-ring (bicyclic) bond motifs is 1. The zero-order chi connectivity index (χ0) is 15.5. The van der Waals surface area contributed by atoms with Crippen LogP contribution in [-0.4, -0.2) is 62.6 Å². The summed E-state index contributed by atoms with van der Waals surface area (Å²) in [5.41, 5.74) is 2.36. The molecule has 2 heterocycles. The summed E-state index contributed by atoms with van der Waals surface area (Å²) in [5, 5.41) is 1.24. The van der Waals surface area contributed by atoms with E-state index in [-0.39, 0.29) is 18.2 Å². The van der Waals surface area contributed by atoms with Gasteiger partial charge in [-0.05, 0) is 24.6 Å². The van der Waals surface area contributed by atoms with E-state index in [4.69, 9.17) is 14.2 Å². The topological polar surface area (TPSA) is 46.7 Å². The summed E-state index contributed by atoms with van der Waals surface area (Å²) in [4.78, 5) is 5.74. The first-order valence-electron chi connectivity index (χ1n) is 7.63. The number of nitrogens with one attached hydrogen (secondary N) is 1. The van der Waals surface area contributed by atoms with Crippen molar-refractivity contribution < 1.29 is 14.2 Å². The molecule has 1 saturated heterocycles. The maximum absolute atomic E-state index is 5.68. The van der Waals surface area contributed by atoms with Crippen LogP contribution in [-0.2, 0) is 20.8 Å². The molecule has 120 valence electrons. The quantitative estimate of drug-likeness (QED) is 0.918. The minimum Gasteiger partial charge on any atom is -0.377 e. The van der Waals surface area contributed by atoms with E-state index < -0.39 is 0 Å². The van der Waals surface area contributed by atoms with Crippen LogP contribution in [0.4, 0.5) is 0 Å². The van der Waals surface area contributed by atoms with Gasteiger partial charge in [0.25, 0.3) is 0 Å². The molecule has 1 fully saturated rings. The van der Waals surface area contributed by atoms with Gasteiger partial charge in [0.2, 0.25) is 0 Å². The van der Waals surface area contributed by atoms with Crippen molar-refractivity contribution in [3.05, 3.63) is 36.0 Å². The summed E-state index contributed by atoms with van der Waals surface area (Å²) in [7, 11) is 5.55. The zero-order valence-electron chi connectivity index (χ0n) is 13.4. The van der Waals surface area contributed by atoms with Gasteiger partial charge in [0.15, 0.2) is 0 Å². The summed E-state index contributed by atoms with van der Waals surface area (Å²) in [6, 6.07) is 10.7. The molecule has 0 radical (unpaired) electrons. The van der Waals surface area contributed by atoms with Crippen molar-refractivity contribution in [1.29, 1.82) is 0 Å². The highest BCUT2D eigenvalue weighted by Gasteiger charge is 2.36. The summed E-state index contributed by atoms with van der Waals surface area (Å²) in [6.07, 6.45) is 0.00189. The Labute approximate surface area is 131 Å². The Bertz CT molecular complexity index is 580. The third-order valence-corrected chi connectivity index (χ3v) is 4.46. The minimum absolute atomic E-state index is 0.0195. The molecule has 22 heavy (non-hydrogen) atoms. The van der Waals surface area contributed by atoms with Crippen LogP contribution < -0.4 is 0 Å². The molecule has 0 unspecified atom stereocenters. The molecule has 0 aliphatic carbocycles. The van der Waals surface area contributed by atoms with E-state index >= 15 is 0 Å². The Morgan fingerprint density at radius 2 is 2.05 bits per heavy atom. The van der Waals surface area contributed by atoms with Crippen molar-refractivity contribution in [3.63, 3.8) is 0 Å². The molecule has 5 nitrogen and oxygen atoms in total. The van der Waals surface area contributed by atoms with Gasteiger partial charge in [-0.25, -0.2) is 0 Å². The molecule has 1 aromatic heterocycles. The molecule has 2 aromatic rings. The number of aromatic nitrogens is 1. The fourth-order valence-corrected chi connectivity index (χ4v) is 3.24. The number of methoxy groups -OCH3 is 2. The second-order valence-corrected chi connectivity index (χ2v) is 5.88. The van der Waals surface area contributed by atoms with Gasteiger partial charge in [0, 0.05) is 32.0 Å². The lowest BCUT2D eigenvalue weighted by Crippen LogP contribution is -2.56. The monoisotopic (exact) mass is 304 g/mol. The molecule has 1 N–H and O–H groups in total. The molecule has 0 amide bonds. The van der Waals surface area contributed by atoms with Gasteiger partial charge < -0.3 is 19.2 Å². The van der Waals surface area contributed by atoms with Crippen molar-refractivity contribution in [2.24, 2.45) is 0 Å². The fraction of sp³-hybridized carbons (Fsp3) is 0.529. The molecular formula is C17H24N2O3. The van der Waals surface area contributed by atoms with E-state index in [1.807, 2.05) is 6.07 Å². The van der Waals surface area contributed by atoms with Crippen molar-refractivity contribution in [1.82, 2.24) is 9.88 Å². The molecule has 0 spiro atoms. The summed E-state index contributed by atoms with van der Waals surface area (Å²) >= 11 is 0. The van der Waals surface area contributed by atoms with Gasteiger partial charge >= 0.3 is 0 Å². The molecule has 3 rings (SSSR count). The Kier molecular flexibility index (Phi) is 4.78. The average Bonchev–Trinajstić information content (AvgIpc) is 2.95. The van der Waals surface area contributed by atoms with Gasteiger partial charge in [-0.2, -0.15) is 0 Å². The molecular weight excluding hydrogens is 280 g/mol. The van der Waals surface area contributed by atoms with Crippen LogP contribution in [0.2, 0.25) is 0 Å². The first-order valence-corrected chi connectivity index (χ1v) is 7.63. The van der Waals surface area contributed by atoms with Gasteiger partial charge in [0.05, 0.1) is 19.3 Å². The van der Waals surface area contributed by atoms with Crippen molar-refractivity contribution in [2.75, 3.05) is 34.5 Å². The van der Waals surface area contributed by atoms with E-state index in [9.17, 15) is 0 Å². The molecule has 3 atom stereocenters. The number of aromatic amines is 1. The van der Waals surface area contributed by atoms with Crippen molar-refractivity contribution in [3.8, 4) is 0 Å². The second kappa shape index (κ2) is 6.79. The van der Waals surface area contributed by atoms with Crippen LogP contribution in [0.25, 0.3) is 10.9 Å². The lowest BCUT2D eigenvalue weighted by Gasteiger charge is -2.40. The van der Waals surface area contributed by atoms with Gasteiger partial charge in [0.1, 0.15) is 12.2 Å². The highest BCUT2D eigenvalue weighted by atomic mass is 16.6. The van der Waals surface area contributed by atoms with Gasteiger partial charge in [-0.1, -0.05) is 18.2 Å². The van der Waals surface area contributed by atoms with Crippen LogP contribution in [0, 0.1) is 0 Å². The van der Waals surface area contributed by atoms with E-state index in [0.29, 0.717) is 13.2 Å². The normalized spacial score (nSPS) is 25.9. The number of hydrogen-bond acceptors (Lipinski definition) is 4. The molecule has 0 bridgehead atoms. The highest BCUT2D eigenvalue weighted by Crippen LogP contribution is 2.21. The number of H-pyrrole nitrogens is 1. The summed E-state index contributed by atoms with van der Waals surface area (Å²) in [6.45, 7) is 2.07. The Hall–Kier alpha value is -1.40. The molecule has 5 heteroatoms. The van der Waals surface area contributed by atoms with Gasteiger partial charge in [-0.15, -0.1) is 0 Å². The number of likely N-dealkylation sites (N-methyl/N-ethyl adjacent to an activating group) is 1. The molecule has 0 saturated carbocycles. The molecule has 1 aliphatic heterocycles. The standard InChI is InChI=1S/C17H24N2O3/c1-19(15-10-22-11-16(20-2)17(15)21-3)9-13-8-12-6-4-5-7-14(12)18-13/h4-8,15-18H,9-11H2,1-3H3/t15-,16-,17+/m1/s1. The summed E-state index contributed by atoms with van der Waals surface area (Å²) < 4.78 is 16.8. The predicted octanol–water partition coefficient (Wildman–Crippen LogP) is 2.03. The Balaban J connectivity index is 1.73. The maximum atomic E-state index is 5.68. The summed E-state index contributed by atoms with van der Waals surface area (Å²) in [5.74, 6) is 0. The third kappa shape index (κ3) is 3.03. The molecule has 1 aromatic carbocycles. The van der Waals surface area contributed by atoms with Crippen LogP contribution in [0.5, 0.6) is 0 Å². The third-order valence-electron chi connectivity index (χ3n) is 4.46. The first-order chi connectivity index (χ1) is 10.7. The van der Waals surface area contributed by atoms with Crippen molar-refractivity contribution in [2.45, 2.75) is 24.8 Å². The Morgan fingerprint density at radius 3 is 2.77 bits per heavy atom. The van der Waals surface area contributed by atoms with Crippen molar-refractivity contribution >= 4 is 10.9 Å². The zero-order valence-corrected chi connectivity index (χ0v) is 13.4. The van der Waals surface area contributed by atoms with Gasteiger partial charge in [-0.3, -0.25) is 4.90 Å². The average molecular weight is 304 g/mol. The number of para-hydroxylation sites is 1. The number of benzene rings is 1. The lowest BCUT2D eigenvalue weighted by molar-refractivity contribution is -0.153. The number of ether oxygens (including phenoxy) is 3. The maximum Gasteiger partial charge on any atom is 0.108 e. The van der Waals surface area contributed by atoms with E-state index in [2.05, 4.69) is 41.2 Å². The smallest absolute Gasteiger partial charge is 0.108 e. The van der Waals surface area contributed by atoms with E-state index in [0.717, 1.165) is 6.54 Å². The minimum atomic E-state index is -0.0195. The van der Waals surface area contributed by atoms with E-state index in [1.54, 1.807) is 14.2 Å². The van der Waals surface area contributed by atoms with Crippen LogP contribution >= 0.6 is 0 Å². The highest BCUT2D eigenvalue weighted by molar-refractivity contribution is 5.80. The largest absolute Gasteiger partial charge is 0.377 e. The van der Waals surface area contributed by atoms with Crippen LogP contribution in [0.15, 0.2) is 30.3 Å². The first kappa shape index (κ1) is 15.5. The predicted molar refractivity (Wildman–Crippen MR) is 86.0 cm³/mol. The Morgan fingerprint density at radius 1 is 1.23 bits per heavy atom. The number of rotatable bonds is 5.